The number of aryl methyl sites for hydroxylation is 1. The summed E-state index contributed by atoms with van der Waals surface area (Å²) < 4.78 is 12.8. The third-order valence-corrected chi connectivity index (χ3v) is 3.06. The summed E-state index contributed by atoms with van der Waals surface area (Å²) >= 11 is 0. The number of aromatic nitrogens is 2. The lowest BCUT2D eigenvalue weighted by Crippen LogP contribution is -1.98. The second-order valence-electron chi connectivity index (χ2n) is 4.53. The van der Waals surface area contributed by atoms with E-state index in [1.54, 1.807) is 0 Å². The molecule has 0 N–H and O–H groups in total. The molecule has 19 heavy (non-hydrogen) atoms. The van der Waals surface area contributed by atoms with Crippen molar-refractivity contribution in [3.8, 4) is 5.75 Å². The fourth-order valence-corrected chi connectivity index (χ4v) is 2.24. The molecule has 0 fully saturated rings. The van der Waals surface area contributed by atoms with Crippen molar-refractivity contribution in [1.29, 1.82) is 0 Å². The molecule has 3 aromatic rings. The van der Waals surface area contributed by atoms with Gasteiger partial charge in [-0.05, 0) is 38.1 Å². The maximum atomic E-state index is 5.51. The Morgan fingerprint density at radius 1 is 1.26 bits per heavy atom. The van der Waals surface area contributed by atoms with Gasteiger partial charge >= 0.3 is 0 Å². The average molecular weight is 256 g/mol. The van der Waals surface area contributed by atoms with Crippen molar-refractivity contribution >= 4 is 10.9 Å². The second kappa shape index (κ2) is 4.80. The molecule has 0 atom stereocenters. The van der Waals surface area contributed by atoms with Crippen molar-refractivity contribution in [2.75, 3.05) is 6.61 Å². The van der Waals surface area contributed by atoms with Gasteiger partial charge in [0.25, 0.3) is 0 Å². The summed E-state index contributed by atoms with van der Waals surface area (Å²) in [6.07, 6.45) is 2.06. The Hall–Kier alpha value is -2.23. The van der Waals surface area contributed by atoms with Gasteiger partial charge in [-0.2, -0.15) is 0 Å². The zero-order chi connectivity index (χ0) is 13.2. The third kappa shape index (κ3) is 2.34. The molecular weight excluding hydrogens is 240 g/mol. The fourth-order valence-electron chi connectivity index (χ4n) is 2.24. The minimum absolute atomic E-state index is 0.685. The Labute approximate surface area is 111 Å². The number of ether oxygens (including phenoxy) is 1. The molecule has 0 bridgehead atoms. The number of nitrogens with zero attached hydrogens (tertiary/aromatic N) is 2. The van der Waals surface area contributed by atoms with Gasteiger partial charge in [-0.25, -0.2) is 0 Å². The number of rotatable bonds is 4. The van der Waals surface area contributed by atoms with Gasteiger partial charge in [0.15, 0.2) is 0 Å². The first-order chi connectivity index (χ1) is 9.26. The highest BCUT2D eigenvalue weighted by Crippen LogP contribution is 2.22. The van der Waals surface area contributed by atoms with Crippen molar-refractivity contribution in [3.05, 3.63) is 48.0 Å². The third-order valence-electron chi connectivity index (χ3n) is 3.06. The SMILES string of the molecule is CCOc1ccc2c(ccn2Cc2cc(C)on2)c1. The zero-order valence-corrected chi connectivity index (χ0v) is 11.1. The summed E-state index contributed by atoms with van der Waals surface area (Å²) in [5, 5.41) is 5.20. The van der Waals surface area contributed by atoms with Crippen molar-refractivity contribution in [3.63, 3.8) is 0 Å². The molecule has 1 aromatic carbocycles. The molecule has 2 heterocycles. The van der Waals surface area contributed by atoms with E-state index >= 15 is 0 Å². The molecule has 3 rings (SSSR count). The lowest BCUT2D eigenvalue weighted by atomic mass is 10.2. The number of hydrogen-bond donors (Lipinski definition) is 0. The van der Waals surface area contributed by atoms with E-state index in [4.69, 9.17) is 9.26 Å². The van der Waals surface area contributed by atoms with Crippen LogP contribution in [-0.2, 0) is 6.54 Å². The fraction of sp³-hybridized carbons (Fsp3) is 0.267. The predicted octanol–water partition coefficient (Wildman–Crippen LogP) is 3.38. The van der Waals surface area contributed by atoms with Crippen LogP contribution in [0, 0.1) is 6.92 Å². The molecule has 2 aromatic heterocycles. The van der Waals surface area contributed by atoms with E-state index in [0.717, 1.165) is 23.7 Å². The molecule has 0 saturated heterocycles. The van der Waals surface area contributed by atoms with E-state index in [-0.39, 0.29) is 0 Å². The highest BCUT2D eigenvalue weighted by atomic mass is 16.5. The highest BCUT2D eigenvalue weighted by molar-refractivity contribution is 5.81. The van der Waals surface area contributed by atoms with Gasteiger partial charge in [-0.1, -0.05) is 5.16 Å². The van der Waals surface area contributed by atoms with Crippen LogP contribution in [0.4, 0.5) is 0 Å². The van der Waals surface area contributed by atoms with E-state index in [1.165, 1.54) is 10.9 Å². The Balaban J connectivity index is 1.92. The van der Waals surface area contributed by atoms with Crippen molar-refractivity contribution in [2.45, 2.75) is 20.4 Å². The van der Waals surface area contributed by atoms with Crippen LogP contribution in [0.1, 0.15) is 18.4 Å². The molecule has 4 nitrogen and oxygen atoms in total. The van der Waals surface area contributed by atoms with Gasteiger partial charge in [-0.3, -0.25) is 0 Å². The summed E-state index contributed by atoms with van der Waals surface area (Å²) in [5.41, 5.74) is 2.10. The Morgan fingerprint density at radius 2 is 2.16 bits per heavy atom. The minimum atomic E-state index is 0.685. The number of benzene rings is 1. The van der Waals surface area contributed by atoms with Crippen LogP contribution in [0.3, 0.4) is 0 Å². The lowest BCUT2D eigenvalue weighted by molar-refractivity contribution is 0.340. The van der Waals surface area contributed by atoms with Crippen LogP contribution < -0.4 is 4.74 Å². The molecule has 0 amide bonds. The Morgan fingerprint density at radius 3 is 2.89 bits per heavy atom. The Kier molecular flexibility index (Phi) is 2.99. The van der Waals surface area contributed by atoms with Crippen LogP contribution >= 0.6 is 0 Å². The summed E-state index contributed by atoms with van der Waals surface area (Å²) in [5.74, 6) is 1.75. The molecule has 0 saturated carbocycles. The highest BCUT2D eigenvalue weighted by Gasteiger charge is 2.06. The normalized spacial score (nSPS) is 11.1. The molecule has 0 unspecified atom stereocenters. The molecule has 4 heteroatoms. The summed E-state index contributed by atoms with van der Waals surface area (Å²) in [7, 11) is 0. The van der Waals surface area contributed by atoms with E-state index in [1.807, 2.05) is 26.0 Å². The summed E-state index contributed by atoms with van der Waals surface area (Å²) in [4.78, 5) is 0. The lowest BCUT2D eigenvalue weighted by Gasteiger charge is -2.05. The van der Waals surface area contributed by atoms with Crippen LogP contribution in [0.2, 0.25) is 0 Å². The van der Waals surface area contributed by atoms with E-state index in [2.05, 4.69) is 34.1 Å². The first kappa shape index (κ1) is 11.8. The van der Waals surface area contributed by atoms with Crippen molar-refractivity contribution < 1.29 is 9.26 Å². The molecule has 98 valence electrons. The van der Waals surface area contributed by atoms with Gasteiger partial charge in [0.2, 0.25) is 0 Å². The average Bonchev–Trinajstić information content (AvgIpc) is 2.97. The van der Waals surface area contributed by atoms with Crippen LogP contribution in [0.25, 0.3) is 10.9 Å². The topological polar surface area (TPSA) is 40.2 Å². The van der Waals surface area contributed by atoms with Gasteiger partial charge in [-0.15, -0.1) is 0 Å². The van der Waals surface area contributed by atoms with Crippen LogP contribution in [0.15, 0.2) is 41.1 Å². The summed E-state index contributed by atoms with van der Waals surface area (Å²) in [6, 6.07) is 10.2. The molecule has 0 aliphatic rings. The van der Waals surface area contributed by atoms with Gasteiger partial charge in [0.1, 0.15) is 17.2 Å². The smallest absolute Gasteiger partial charge is 0.133 e. The zero-order valence-electron chi connectivity index (χ0n) is 11.1. The van der Waals surface area contributed by atoms with Gasteiger partial charge in [0, 0.05) is 23.2 Å². The monoisotopic (exact) mass is 256 g/mol. The van der Waals surface area contributed by atoms with Gasteiger partial charge < -0.3 is 13.8 Å². The maximum Gasteiger partial charge on any atom is 0.133 e. The van der Waals surface area contributed by atoms with Crippen molar-refractivity contribution in [2.24, 2.45) is 0 Å². The largest absolute Gasteiger partial charge is 0.494 e. The quantitative estimate of drug-likeness (QED) is 0.718. The van der Waals surface area contributed by atoms with E-state index < -0.39 is 0 Å². The molecule has 0 aliphatic carbocycles. The first-order valence-corrected chi connectivity index (χ1v) is 6.40. The van der Waals surface area contributed by atoms with E-state index in [0.29, 0.717) is 6.61 Å². The number of fused-ring (bicyclic) bond motifs is 1. The molecule has 0 spiro atoms. The Bertz CT molecular complexity index is 697. The minimum Gasteiger partial charge on any atom is -0.494 e. The van der Waals surface area contributed by atoms with Crippen LogP contribution in [-0.4, -0.2) is 16.3 Å². The van der Waals surface area contributed by atoms with Crippen LogP contribution in [0.5, 0.6) is 5.75 Å². The second-order valence-corrected chi connectivity index (χ2v) is 4.53. The van der Waals surface area contributed by atoms with Crippen molar-refractivity contribution in [1.82, 2.24) is 9.72 Å². The predicted molar refractivity (Wildman–Crippen MR) is 73.4 cm³/mol. The van der Waals surface area contributed by atoms with Gasteiger partial charge in [0.05, 0.1) is 13.2 Å². The molecule has 0 aliphatic heterocycles. The number of hydrogen-bond acceptors (Lipinski definition) is 3. The maximum absolute atomic E-state index is 5.51. The molecule has 0 radical (unpaired) electrons. The first-order valence-electron chi connectivity index (χ1n) is 6.40. The molecular formula is C15H16N2O2. The summed E-state index contributed by atoms with van der Waals surface area (Å²) in [6.45, 7) is 5.29. The standard InChI is InChI=1S/C15H16N2O2/c1-3-18-14-4-5-15-12(9-14)6-7-17(15)10-13-8-11(2)19-16-13/h4-9H,3,10H2,1-2H3. The van der Waals surface area contributed by atoms with E-state index in [9.17, 15) is 0 Å².